The Balaban J connectivity index is 1.49. The number of piperidine rings is 1. The smallest absolute Gasteiger partial charge is 0.130 e. The fraction of sp³-hybridized carbons (Fsp3) is 0.400. The zero-order valence-electron chi connectivity index (χ0n) is 13.5. The third-order valence-corrected chi connectivity index (χ3v) is 5.02. The van der Waals surface area contributed by atoms with E-state index < -0.39 is 0 Å². The average Bonchev–Trinajstić information content (AvgIpc) is 3.06. The van der Waals surface area contributed by atoms with Gasteiger partial charge in [0.2, 0.25) is 0 Å². The van der Waals surface area contributed by atoms with E-state index in [9.17, 15) is 0 Å². The van der Waals surface area contributed by atoms with Crippen molar-refractivity contribution in [2.24, 2.45) is 5.73 Å². The number of para-hydroxylation sites is 1. The maximum Gasteiger partial charge on any atom is 0.130 e. The normalized spacial score (nSPS) is 18.7. The van der Waals surface area contributed by atoms with E-state index in [1.54, 1.807) is 0 Å². The number of rotatable bonds is 3. The highest BCUT2D eigenvalue weighted by Gasteiger charge is 2.18. The molecule has 0 radical (unpaired) electrons. The molecule has 2 aromatic rings. The molecule has 2 aliphatic rings. The van der Waals surface area contributed by atoms with Crippen molar-refractivity contribution in [1.82, 2.24) is 4.90 Å². The lowest BCUT2D eigenvalue weighted by Crippen LogP contribution is -2.39. The third-order valence-electron chi connectivity index (χ3n) is 5.02. The summed E-state index contributed by atoms with van der Waals surface area (Å²) >= 11 is 0. The van der Waals surface area contributed by atoms with Gasteiger partial charge in [-0.3, -0.25) is 4.90 Å². The number of hydrogen-bond donors (Lipinski definition) is 1. The first-order valence-corrected chi connectivity index (χ1v) is 8.61. The van der Waals surface area contributed by atoms with Gasteiger partial charge < -0.3 is 10.5 Å². The second-order valence-electron chi connectivity index (χ2n) is 6.70. The largest absolute Gasteiger partial charge is 0.492 e. The van der Waals surface area contributed by atoms with Crippen LogP contribution in [0.15, 0.2) is 42.5 Å². The van der Waals surface area contributed by atoms with E-state index >= 15 is 0 Å². The molecule has 2 aromatic carbocycles. The molecule has 0 amide bonds. The zero-order valence-corrected chi connectivity index (χ0v) is 13.5. The van der Waals surface area contributed by atoms with Crippen LogP contribution in [0, 0.1) is 0 Å². The number of ether oxygens (including phenoxy) is 1. The first kappa shape index (κ1) is 14.7. The first-order valence-electron chi connectivity index (χ1n) is 8.61. The SMILES string of the molecule is NC1CCN(Cc2ccc(-c3cccc4c3OCC4)cc2)CC1. The van der Waals surface area contributed by atoms with Crippen molar-refractivity contribution in [3.63, 3.8) is 0 Å². The molecule has 0 atom stereocenters. The number of fused-ring (bicyclic) bond motifs is 1. The van der Waals surface area contributed by atoms with Crippen LogP contribution in [-0.2, 0) is 13.0 Å². The Labute approximate surface area is 138 Å². The Morgan fingerprint density at radius 1 is 1.04 bits per heavy atom. The number of hydrogen-bond acceptors (Lipinski definition) is 3. The maximum absolute atomic E-state index is 5.98. The molecule has 23 heavy (non-hydrogen) atoms. The second-order valence-corrected chi connectivity index (χ2v) is 6.70. The van der Waals surface area contributed by atoms with E-state index in [0.717, 1.165) is 51.3 Å². The summed E-state index contributed by atoms with van der Waals surface area (Å²) in [6.07, 6.45) is 3.26. The maximum atomic E-state index is 5.98. The van der Waals surface area contributed by atoms with Crippen LogP contribution in [-0.4, -0.2) is 30.6 Å². The van der Waals surface area contributed by atoms with Gasteiger partial charge >= 0.3 is 0 Å². The van der Waals surface area contributed by atoms with E-state index in [1.807, 2.05) is 0 Å². The van der Waals surface area contributed by atoms with Crippen molar-refractivity contribution in [2.75, 3.05) is 19.7 Å². The van der Waals surface area contributed by atoms with E-state index in [-0.39, 0.29) is 0 Å². The van der Waals surface area contributed by atoms with Gasteiger partial charge in [-0.2, -0.15) is 0 Å². The third kappa shape index (κ3) is 3.12. The van der Waals surface area contributed by atoms with E-state index in [0.29, 0.717) is 6.04 Å². The summed E-state index contributed by atoms with van der Waals surface area (Å²) in [4.78, 5) is 2.50. The Hall–Kier alpha value is -1.84. The van der Waals surface area contributed by atoms with Gasteiger partial charge in [0.25, 0.3) is 0 Å². The molecular weight excluding hydrogens is 284 g/mol. The predicted molar refractivity (Wildman–Crippen MR) is 93.6 cm³/mol. The minimum absolute atomic E-state index is 0.397. The highest BCUT2D eigenvalue weighted by Crippen LogP contribution is 2.36. The number of nitrogens with zero attached hydrogens (tertiary/aromatic N) is 1. The molecule has 0 bridgehead atoms. The van der Waals surface area contributed by atoms with Gasteiger partial charge in [0, 0.05) is 24.6 Å². The van der Waals surface area contributed by atoms with Crippen molar-refractivity contribution in [3.8, 4) is 16.9 Å². The Bertz CT molecular complexity index is 673. The molecule has 1 fully saturated rings. The van der Waals surface area contributed by atoms with Crippen LogP contribution >= 0.6 is 0 Å². The quantitative estimate of drug-likeness (QED) is 0.946. The van der Waals surface area contributed by atoms with Crippen molar-refractivity contribution in [2.45, 2.75) is 31.8 Å². The average molecular weight is 308 g/mol. The van der Waals surface area contributed by atoms with Crippen molar-refractivity contribution >= 4 is 0 Å². The molecule has 0 aliphatic carbocycles. The monoisotopic (exact) mass is 308 g/mol. The standard InChI is InChI=1S/C20H24N2O/c21-18-8-11-22(12-9-18)14-15-4-6-16(7-5-15)19-3-1-2-17-10-13-23-20(17)19/h1-7,18H,8-14,21H2. The van der Waals surface area contributed by atoms with Crippen molar-refractivity contribution < 1.29 is 4.74 Å². The Morgan fingerprint density at radius 2 is 1.83 bits per heavy atom. The summed E-state index contributed by atoms with van der Waals surface area (Å²) in [5.74, 6) is 1.07. The molecule has 3 heteroatoms. The van der Waals surface area contributed by atoms with E-state index in [1.165, 1.54) is 22.3 Å². The highest BCUT2D eigenvalue weighted by atomic mass is 16.5. The first-order chi connectivity index (χ1) is 11.3. The summed E-state index contributed by atoms with van der Waals surface area (Å²) in [6, 6.07) is 15.8. The fourth-order valence-corrected chi connectivity index (χ4v) is 3.60. The Kier molecular flexibility index (Phi) is 4.06. The number of nitrogens with two attached hydrogens (primary N) is 1. The second kappa shape index (κ2) is 6.34. The summed E-state index contributed by atoms with van der Waals surface area (Å²) in [6.45, 7) is 4.06. The van der Waals surface area contributed by atoms with E-state index in [2.05, 4.69) is 47.4 Å². The lowest BCUT2D eigenvalue weighted by atomic mass is 9.99. The van der Waals surface area contributed by atoms with Crippen LogP contribution in [0.5, 0.6) is 5.75 Å². The highest BCUT2D eigenvalue weighted by molar-refractivity contribution is 5.73. The summed E-state index contributed by atoms with van der Waals surface area (Å²) in [5.41, 5.74) is 11.1. The van der Waals surface area contributed by atoms with Crippen LogP contribution < -0.4 is 10.5 Å². The molecule has 2 N–H and O–H groups in total. The Morgan fingerprint density at radius 3 is 2.61 bits per heavy atom. The topological polar surface area (TPSA) is 38.5 Å². The molecule has 0 unspecified atom stereocenters. The number of benzene rings is 2. The molecule has 2 heterocycles. The van der Waals surface area contributed by atoms with Crippen LogP contribution in [0.1, 0.15) is 24.0 Å². The lowest BCUT2D eigenvalue weighted by molar-refractivity contribution is 0.205. The predicted octanol–water partition coefficient (Wildman–Crippen LogP) is 3.21. The molecule has 1 saturated heterocycles. The van der Waals surface area contributed by atoms with Crippen molar-refractivity contribution in [1.29, 1.82) is 0 Å². The van der Waals surface area contributed by atoms with Gasteiger partial charge in [0.15, 0.2) is 0 Å². The van der Waals surface area contributed by atoms with E-state index in [4.69, 9.17) is 10.5 Å². The van der Waals surface area contributed by atoms with Gasteiger partial charge in [-0.15, -0.1) is 0 Å². The zero-order chi connectivity index (χ0) is 15.6. The van der Waals surface area contributed by atoms with Gasteiger partial charge in [-0.1, -0.05) is 42.5 Å². The summed E-state index contributed by atoms with van der Waals surface area (Å²) in [7, 11) is 0. The van der Waals surface area contributed by atoms with Gasteiger partial charge in [0.1, 0.15) is 5.75 Å². The molecule has 4 rings (SSSR count). The molecular formula is C20H24N2O. The van der Waals surface area contributed by atoms with Gasteiger partial charge in [-0.05, 0) is 42.6 Å². The summed E-state index contributed by atoms with van der Waals surface area (Å²) < 4.78 is 5.83. The lowest BCUT2D eigenvalue weighted by Gasteiger charge is -2.30. The summed E-state index contributed by atoms with van der Waals surface area (Å²) in [5, 5.41) is 0. The molecule has 0 aromatic heterocycles. The molecule has 3 nitrogen and oxygen atoms in total. The van der Waals surface area contributed by atoms with Crippen molar-refractivity contribution in [3.05, 3.63) is 53.6 Å². The molecule has 2 aliphatic heterocycles. The molecule has 120 valence electrons. The molecule has 0 spiro atoms. The minimum atomic E-state index is 0.397. The van der Waals surface area contributed by atoms with Crippen LogP contribution in [0.2, 0.25) is 0 Å². The fourth-order valence-electron chi connectivity index (χ4n) is 3.60. The van der Waals surface area contributed by atoms with Gasteiger partial charge in [0.05, 0.1) is 6.61 Å². The van der Waals surface area contributed by atoms with Crippen LogP contribution in [0.25, 0.3) is 11.1 Å². The van der Waals surface area contributed by atoms with Crippen LogP contribution in [0.3, 0.4) is 0 Å². The minimum Gasteiger partial charge on any atom is -0.492 e. The van der Waals surface area contributed by atoms with Crippen LogP contribution in [0.4, 0.5) is 0 Å². The van der Waals surface area contributed by atoms with Gasteiger partial charge in [-0.25, -0.2) is 0 Å². The number of likely N-dealkylation sites (tertiary alicyclic amines) is 1. The molecule has 0 saturated carbocycles.